The fraction of sp³-hybridized carbons (Fsp3) is 0.250. The first-order valence-corrected chi connectivity index (χ1v) is 7.81. The SMILES string of the molecule is CCNC(Cc1cccc(F)c1Cl)c1ccc(F)cc1Br. The van der Waals surface area contributed by atoms with Crippen LogP contribution in [0.5, 0.6) is 0 Å². The van der Waals surface area contributed by atoms with Crippen LogP contribution in [0.1, 0.15) is 24.1 Å². The van der Waals surface area contributed by atoms with E-state index in [1.807, 2.05) is 6.92 Å². The normalized spacial score (nSPS) is 12.4. The lowest BCUT2D eigenvalue weighted by atomic mass is 9.98. The molecule has 0 spiro atoms. The van der Waals surface area contributed by atoms with Crippen molar-refractivity contribution in [2.45, 2.75) is 19.4 Å². The third kappa shape index (κ3) is 4.02. The van der Waals surface area contributed by atoms with E-state index < -0.39 is 5.82 Å². The summed E-state index contributed by atoms with van der Waals surface area (Å²) in [6.45, 7) is 2.72. The summed E-state index contributed by atoms with van der Waals surface area (Å²) < 4.78 is 27.4. The Morgan fingerprint density at radius 2 is 2.00 bits per heavy atom. The molecule has 0 radical (unpaired) electrons. The topological polar surface area (TPSA) is 12.0 Å². The van der Waals surface area contributed by atoms with Gasteiger partial charge in [-0.25, -0.2) is 8.78 Å². The molecule has 0 aromatic heterocycles. The second-order valence-electron chi connectivity index (χ2n) is 4.69. The predicted molar refractivity (Wildman–Crippen MR) is 85.6 cm³/mol. The van der Waals surface area contributed by atoms with Gasteiger partial charge in [-0.05, 0) is 42.3 Å². The molecule has 2 aromatic carbocycles. The summed E-state index contributed by atoms with van der Waals surface area (Å²) in [6, 6.07) is 9.25. The number of nitrogens with one attached hydrogen (secondary N) is 1. The average molecular weight is 375 g/mol. The van der Waals surface area contributed by atoms with E-state index >= 15 is 0 Å². The average Bonchev–Trinajstić information content (AvgIpc) is 2.43. The molecule has 112 valence electrons. The first-order chi connectivity index (χ1) is 10.0. The van der Waals surface area contributed by atoms with Gasteiger partial charge in [0.05, 0.1) is 5.02 Å². The molecule has 5 heteroatoms. The maximum Gasteiger partial charge on any atom is 0.142 e. The summed E-state index contributed by atoms with van der Waals surface area (Å²) in [7, 11) is 0. The fourth-order valence-corrected chi connectivity index (χ4v) is 3.08. The minimum atomic E-state index is -0.428. The van der Waals surface area contributed by atoms with Crippen LogP contribution in [0.3, 0.4) is 0 Å². The van der Waals surface area contributed by atoms with Crippen LogP contribution in [0.15, 0.2) is 40.9 Å². The van der Waals surface area contributed by atoms with E-state index in [-0.39, 0.29) is 16.9 Å². The minimum absolute atomic E-state index is 0.0794. The van der Waals surface area contributed by atoms with Crippen molar-refractivity contribution >= 4 is 27.5 Å². The monoisotopic (exact) mass is 373 g/mol. The van der Waals surface area contributed by atoms with Gasteiger partial charge in [-0.2, -0.15) is 0 Å². The molecule has 0 aliphatic rings. The maximum absolute atomic E-state index is 13.5. The van der Waals surface area contributed by atoms with E-state index in [9.17, 15) is 8.78 Å². The van der Waals surface area contributed by atoms with E-state index in [0.717, 1.165) is 17.7 Å². The smallest absolute Gasteiger partial charge is 0.142 e. The summed E-state index contributed by atoms with van der Waals surface area (Å²) >= 11 is 9.39. The molecule has 1 N–H and O–H groups in total. The Morgan fingerprint density at radius 1 is 1.24 bits per heavy atom. The van der Waals surface area contributed by atoms with Crippen LogP contribution in [-0.4, -0.2) is 6.54 Å². The summed E-state index contributed by atoms with van der Waals surface area (Å²) in [5, 5.41) is 3.46. The molecule has 21 heavy (non-hydrogen) atoms. The van der Waals surface area contributed by atoms with E-state index in [4.69, 9.17) is 11.6 Å². The van der Waals surface area contributed by atoms with Crippen molar-refractivity contribution in [1.82, 2.24) is 5.32 Å². The van der Waals surface area contributed by atoms with Gasteiger partial charge in [0.1, 0.15) is 11.6 Å². The summed E-state index contributed by atoms with van der Waals surface area (Å²) in [5.74, 6) is -0.729. The lowest BCUT2D eigenvalue weighted by Crippen LogP contribution is -2.23. The molecule has 0 fully saturated rings. The van der Waals surface area contributed by atoms with Crippen LogP contribution in [0.25, 0.3) is 0 Å². The molecule has 0 heterocycles. The first kappa shape index (κ1) is 16.4. The Hall–Kier alpha value is -0.970. The fourth-order valence-electron chi connectivity index (χ4n) is 2.25. The van der Waals surface area contributed by atoms with Crippen LogP contribution in [0, 0.1) is 11.6 Å². The van der Waals surface area contributed by atoms with Gasteiger partial charge in [0.15, 0.2) is 0 Å². The molecule has 0 aliphatic carbocycles. The van der Waals surface area contributed by atoms with Crippen molar-refractivity contribution in [3.8, 4) is 0 Å². The number of hydrogen-bond donors (Lipinski definition) is 1. The van der Waals surface area contributed by atoms with Gasteiger partial charge >= 0.3 is 0 Å². The highest BCUT2D eigenvalue weighted by Crippen LogP contribution is 2.30. The second-order valence-corrected chi connectivity index (χ2v) is 5.93. The van der Waals surface area contributed by atoms with Crippen molar-refractivity contribution in [1.29, 1.82) is 0 Å². The molecule has 1 nitrogen and oxygen atoms in total. The predicted octanol–water partition coefficient (Wildman–Crippen LogP) is 5.27. The number of halogens is 4. The zero-order valence-corrected chi connectivity index (χ0v) is 13.8. The van der Waals surface area contributed by atoms with E-state index in [2.05, 4.69) is 21.2 Å². The van der Waals surface area contributed by atoms with Gasteiger partial charge in [0.25, 0.3) is 0 Å². The summed E-state index contributed by atoms with van der Waals surface area (Å²) in [6.07, 6.45) is 0.522. The number of rotatable bonds is 5. The highest BCUT2D eigenvalue weighted by Gasteiger charge is 2.17. The van der Waals surface area contributed by atoms with Gasteiger partial charge in [0.2, 0.25) is 0 Å². The van der Waals surface area contributed by atoms with Gasteiger partial charge in [-0.1, -0.05) is 52.7 Å². The molecule has 1 atom stereocenters. The Kier molecular flexibility index (Phi) is 5.73. The maximum atomic E-state index is 13.5. The van der Waals surface area contributed by atoms with Gasteiger partial charge in [0, 0.05) is 10.5 Å². The molecule has 0 saturated carbocycles. The number of benzene rings is 2. The first-order valence-electron chi connectivity index (χ1n) is 6.64. The largest absolute Gasteiger partial charge is 0.310 e. The number of likely N-dealkylation sites (N-methyl/N-ethyl adjacent to an activating group) is 1. The third-order valence-electron chi connectivity index (χ3n) is 3.24. The van der Waals surface area contributed by atoms with Crippen molar-refractivity contribution < 1.29 is 8.78 Å². The van der Waals surface area contributed by atoms with E-state index in [1.54, 1.807) is 18.2 Å². The summed E-state index contributed by atoms with van der Waals surface area (Å²) in [4.78, 5) is 0. The molecule has 2 aromatic rings. The molecule has 0 bridgehead atoms. The molecule has 1 unspecified atom stereocenters. The van der Waals surface area contributed by atoms with Crippen molar-refractivity contribution in [3.05, 3.63) is 68.7 Å². The third-order valence-corrected chi connectivity index (χ3v) is 4.35. The van der Waals surface area contributed by atoms with Crippen LogP contribution in [0.4, 0.5) is 8.78 Å². The van der Waals surface area contributed by atoms with Crippen LogP contribution in [-0.2, 0) is 6.42 Å². The van der Waals surface area contributed by atoms with Crippen LogP contribution < -0.4 is 5.32 Å². The van der Waals surface area contributed by atoms with Crippen molar-refractivity contribution in [3.63, 3.8) is 0 Å². The Labute approximate surface area is 136 Å². The van der Waals surface area contributed by atoms with E-state index in [0.29, 0.717) is 10.9 Å². The molecule has 0 amide bonds. The van der Waals surface area contributed by atoms with Crippen LogP contribution in [0.2, 0.25) is 5.02 Å². The quantitative estimate of drug-likeness (QED) is 0.751. The zero-order chi connectivity index (χ0) is 15.4. The lowest BCUT2D eigenvalue weighted by Gasteiger charge is -2.20. The molecular weight excluding hydrogens is 360 g/mol. The van der Waals surface area contributed by atoms with Crippen molar-refractivity contribution in [2.75, 3.05) is 6.54 Å². The van der Waals surface area contributed by atoms with Gasteiger partial charge < -0.3 is 5.32 Å². The molecule has 2 rings (SSSR count). The van der Waals surface area contributed by atoms with Crippen molar-refractivity contribution in [2.24, 2.45) is 0 Å². The molecule has 0 aliphatic heterocycles. The highest BCUT2D eigenvalue weighted by molar-refractivity contribution is 9.10. The Bertz CT molecular complexity index is 634. The Balaban J connectivity index is 2.33. The summed E-state index contributed by atoms with van der Waals surface area (Å²) in [5.41, 5.74) is 1.64. The Morgan fingerprint density at radius 3 is 2.67 bits per heavy atom. The molecular formula is C16H15BrClF2N. The zero-order valence-electron chi connectivity index (χ0n) is 11.5. The second kappa shape index (κ2) is 7.34. The van der Waals surface area contributed by atoms with Crippen LogP contribution >= 0.6 is 27.5 Å². The molecule has 0 saturated heterocycles. The number of hydrogen-bond acceptors (Lipinski definition) is 1. The van der Waals surface area contributed by atoms with E-state index in [1.165, 1.54) is 18.2 Å². The lowest BCUT2D eigenvalue weighted by molar-refractivity contribution is 0.542. The highest BCUT2D eigenvalue weighted by atomic mass is 79.9. The standard InChI is InChI=1S/C16H15BrClF2N/c1-2-21-15(12-7-6-11(19)9-13(12)17)8-10-4-3-5-14(20)16(10)18/h3-7,9,15,21H,2,8H2,1H3. The van der Waals surface area contributed by atoms with Gasteiger partial charge in [-0.3, -0.25) is 0 Å². The minimum Gasteiger partial charge on any atom is -0.310 e. The van der Waals surface area contributed by atoms with Gasteiger partial charge in [-0.15, -0.1) is 0 Å².